The Hall–Kier alpha value is -2.68. The van der Waals surface area contributed by atoms with E-state index in [9.17, 15) is 9.59 Å². The monoisotopic (exact) mass is 513 g/mol. The van der Waals surface area contributed by atoms with Gasteiger partial charge in [-0.25, -0.2) is 9.59 Å². The van der Waals surface area contributed by atoms with Gasteiger partial charge in [0.15, 0.2) is 11.5 Å². The number of allylic oxidation sites excluding steroid dienone is 2. The number of hydrogen-bond acceptors (Lipinski definition) is 7. The van der Waals surface area contributed by atoms with Gasteiger partial charge in [-0.15, -0.1) is 6.58 Å². The van der Waals surface area contributed by atoms with Crippen LogP contribution in [0.4, 0.5) is 10.5 Å². The highest BCUT2D eigenvalue weighted by atomic mass is 79.9. The van der Waals surface area contributed by atoms with Gasteiger partial charge in [-0.3, -0.25) is 5.32 Å². The summed E-state index contributed by atoms with van der Waals surface area (Å²) in [6.45, 7) is 8.99. The summed E-state index contributed by atoms with van der Waals surface area (Å²) in [5, 5.41) is 2.68. The number of halogens is 1. The molecule has 9 heteroatoms. The number of methoxy groups -OCH3 is 3. The number of amides is 1. The molecule has 0 heterocycles. The maximum Gasteiger partial charge on any atom is 0.412 e. The zero-order valence-corrected chi connectivity index (χ0v) is 21.1. The third-order valence-electron chi connectivity index (χ3n) is 4.03. The van der Waals surface area contributed by atoms with Crippen LogP contribution in [0.2, 0.25) is 0 Å². The summed E-state index contributed by atoms with van der Waals surface area (Å²) in [5.74, 6) is 0.661. The number of hydrogen-bond donors (Lipinski definition) is 1. The van der Waals surface area contributed by atoms with E-state index in [1.807, 2.05) is 0 Å². The summed E-state index contributed by atoms with van der Waals surface area (Å²) < 4.78 is 27.5. The minimum Gasteiger partial charge on any atom is -0.494 e. The summed E-state index contributed by atoms with van der Waals surface area (Å²) in [4.78, 5) is 24.5. The molecule has 32 heavy (non-hydrogen) atoms. The van der Waals surface area contributed by atoms with Crippen LogP contribution >= 0.6 is 15.9 Å². The summed E-state index contributed by atoms with van der Waals surface area (Å²) in [6.07, 6.45) is 4.55. The number of esters is 1. The summed E-state index contributed by atoms with van der Waals surface area (Å²) in [7, 11) is 4.44. The average molecular weight is 514 g/mol. The number of carbonyl (C=O) groups excluding carboxylic acids is 2. The van der Waals surface area contributed by atoms with Gasteiger partial charge in [0.1, 0.15) is 11.4 Å². The average Bonchev–Trinajstić information content (AvgIpc) is 2.71. The first kappa shape index (κ1) is 27.4. The molecule has 0 aliphatic heterocycles. The molecule has 0 spiro atoms. The van der Waals surface area contributed by atoms with Crippen LogP contribution in [0.3, 0.4) is 0 Å². The fraction of sp³-hybridized carbons (Fsp3) is 0.478. The zero-order valence-electron chi connectivity index (χ0n) is 19.5. The van der Waals surface area contributed by atoms with Gasteiger partial charge in [0.25, 0.3) is 0 Å². The molecule has 0 fully saturated rings. The Labute approximate surface area is 198 Å². The highest BCUT2D eigenvalue weighted by Crippen LogP contribution is 2.43. The predicted octanol–water partition coefficient (Wildman–Crippen LogP) is 5.39. The van der Waals surface area contributed by atoms with Gasteiger partial charge in [-0.2, -0.15) is 0 Å². The number of unbranched alkanes of at least 4 members (excludes halogenated alkanes) is 1. The van der Waals surface area contributed by atoms with Crippen LogP contribution in [0.25, 0.3) is 0 Å². The van der Waals surface area contributed by atoms with Crippen molar-refractivity contribution in [2.45, 2.75) is 45.6 Å². The molecule has 0 saturated heterocycles. The predicted molar refractivity (Wildman–Crippen MR) is 127 cm³/mol. The molecule has 0 aliphatic carbocycles. The summed E-state index contributed by atoms with van der Waals surface area (Å²) in [6, 6.07) is 1.58. The van der Waals surface area contributed by atoms with Crippen LogP contribution in [0.5, 0.6) is 17.2 Å². The molecule has 0 aliphatic rings. The Balaban J connectivity index is 3.12. The van der Waals surface area contributed by atoms with E-state index >= 15 is 0 Å². The topological polar surface area (TPSA) is 92.3 Å². The second-order valence-corrected chi connectivity index (χ2v) is 8.46. The van der Waals surface area contributed by atoms with Crippen LogP contribution in [0.15, 0.2) is 29.3 Å². The minimum atomic E-state index is -0.669. The Kier molecular flexibility index (Phi) is 11.1. The van der Waals surface area contributed by atoms with Crippen molar-refractivity contribution in [3.8, 4) is 17.2 Å². The third kappa shape index (κ3) is 8.45. The molecule has 1 N–H and O–H groups in total. The molecule has 178 valence electrons. The normalized spacial score (nSPS) is 11.4. The van der Waals surface area contributed by atoms with Gasteiger partial charge in [0.2, 0.25) is 0 Å². The van der Waals surface area contributed by atoms with E-state index in [0.29, 0.717) is 39.4 Å². The van der Waals surface area contributed by atoms with Crippen molar-refractivity contribution >= 4 is 33.7 Å². The van der Waals surface area contributed by atoms with Gasteiger partial charge in [-0.05, 0) is 49.5 Å². The van der Waals surface area contributed by atoms with Crippen LogP contribution in [-0.4, -0.2) is 45.6 Å². The van der Waals surface area contributed by atoms with E-state index in [-0.39, 0.29) is 13.0 Å². The van der Waals surface area contributed by atoms with Crippen molar-refractivity contribution in [3.63, 3.8) is 0 Å². The maximum absolute atomic E-state index is 12.3. The number of rotatable bonds is 11. The van der Waals surface area contributed by atoms with E-state index in [1.54, 1.807) is 39.0 Å². The van der Waals surface area contributed by atoms with E-state index in [1.165, 1.54) is 21.3 Å². The van der Waals surface area contributed by atoms with E-state index in [0.717, 1.165) is 6.42 Å². The third-order valence-corrected chi connectivity index (χ3v) is 4.68. The first-order chi connectivity index (χ1) is 15.1. The Morgan fingerprint density at radius 3 is 2.28 bits per heavy atom. The number of anilines is 1. The van der Waals surface area contributed by atoms with E-state index in [4.69, 9.17) is 23.7 Å². The number of benzene rings is 1. The van der Waals surface area contributed by atoms with Crippen molar-refractivity contribution in [2.24, 2.45) is 0 Å². The van der Waals surface area contributed by atoms with Crippen LogP contribution < -0.4 is 19.5 Å². The first-order valence-electron chi connectivity index (χ1n) is 10.0. The van der Waals surface area contributed by atoms with Gasteiger partial charge < -0.3 is 23.7 Å². The molecule has 0 aromatic heterocycles. The second kappa shape index (κ2) is 13.0. The van der Waals surface area contributed by atoms with Crippen LogP contribution in [-0.2, 0) is 20.7 Å². The lowest BCUT2D eigenvalue weighted by Gasteiger charge is -2.22. The Morgan fingerprint density at radius 2 is 1.75 bits per heavy atom. The number of ether oxygens (including phenoxy) is 5. The number of nitrogens with one attached hydrogen (secondary N) is 1. The van der Waals surface area contributed by atoms with Crippen LogP contribution in [0.1, 0.15) is 39.2 Å². The van der Waals surface area contributed by atoms with Crippen molar-refractivity contribution < 1.29 is 33.3 Å². The molecule has 1 rings (SSSR count). The largest absolute Gasteiger partial charge is 0.494 e. The highest BCUT2D eigenvalue weighted by molar-refractivity contribution is 9.12. The molecule has 1 amide bonds. The lowest BCUT2D eigenvalue weighted by molar-refractivity contribution is -0.138. The maximum atomic E-state index is 12.3. The summed E-state index contributed by atoms with van der Waals surface area (Å²) >= 11 is 3.22. The van der Waals surface area contributed by atoms with Gasteiger partial charge in [-0.1, -0.05) is 12.2 Å². The van der Waals surface area contributed by atoms with Crippen molar-refractivity contribution in [1.82, 2.24) is 0 Å². The van der Waals surface area contributed by atoms with Gasteiger partial charge >= 0.3 is 12.1 Å². The molecule has 0 bridgehead atoms. The fourth-order valence-corrected chi connectivity index (χ4v) is 3.09. The first-order valence-corrected chi connectivity index (χ1v) is 10.8. The SMILES string of the molecule is C=CCC/C=C(/Br)C(=O)OCCc1c(OC)c(NC(=O)OC(C)(C)C)cc(OC)c1OC. The standard InChI is InChI=1S/C23H32BrNO7/c1-8-9-10-11-16(24)21(26)31-13-12-15-19(29-6)17(14-18(28-5)20(15)30-7)25-22(27)32-23(2,3)4/h8,11,14H,1,9-10,12-13H2,2-7H3,(H,25,27)/b16-11+. The Bertz CT molecular complexity index is 844. The smallest absolute Gasteiger partial charge is 0.412 e. The Morgan fingerprint density at radius 1 is 1.09 bits per heavy atom. The molecule has 0 unspecified atom stereocenters. The molecule has 0 saturated carbocycles. The molecule has 8 nitrogen and oxygen atoms in total. The van der Waals surface area contributed by atoms with E-state index in [2.05, 4.69) is 27.8 Å². The quantitative estimate of drug-likeness (QED) is 0.183. The summed E-state index contributed by atoms with van der Waals surface area (Å²) in [5.41, 5.74) is 0.239. The zero-order chi connectivity index (χ0) is 24.3. The van der Waals surface area contributed by atoms with E-state index < -0.39 is 17.7 Å². The lowest BCUT2D eigenvalue weighted by atomic mass is 10.1. The molecule has 0 atom stereocenters. The second-order valence-electron chi connectivity index (χ2n) is 7.60. The van der Waals surface area contributed by atoms with Crippen LogP contribution in [0, 0.1) is 0 Å². The highest BCUT2D eigenvalue weighted by Gasteiger charge is 2.24. The molecule has 1 aromatic carbocycles. The fourth-order valence-electron chi connectivity index (χ4n) is 2.74. The molecule has 0 radical (unpaired) electrons. The van der Waals surface area contributed by atoms with Crippen molar-refractivity contribution in [2.75, 3.05) is 33.3 Å². The van der Waals surface area contributed by atoms with Crippen molar-refractivity contribution in [1.29, 1.82) is 0 Å². The van der Waals surface area contributed by atoms with Crippen molar-refractivity contribution in [3.05, 3.63) is 34.8 Å². The number of carbonyl (C=O) groups is 2. The minimum absolute atomic E-state index is 0.0506. The lowest BCUT2D eigenvalue weighted by Crippen LogP contribution is -2.27. The molecular weight excluding hydrogens is 482 g/mol. The molecular formula is C23H32BrNO7. The van der Waals surface area contributed by atoms with Gasteiger partial charge in [0.05, 0.1) is 38.1 Å². The van der Waals surface area contributed by atoms with Gasteiger partial charge in [0, 0.05) is 18.1 Å². The molecule has 1 aromatic rings.